The molecule has 0 radical (unpaired) electrons. The first kappa shape index (κ1) is 10.4. The number of imidazole rings is 1. The van der Waals surface area contributed by atoms with Gasteiger partial charge in [0.2, 0.25) is 0 Å². The zero-order chi connectivity index (χ0) is 10.8. The molecule has 0 spiro atoms. The number of nitrogens with one attached hydrogen (secondary N) is 1. The Kier molecular flexibility index (Phi) is 2.90. The maximum absolute atomic E-state index is 13.3. The van der Waals surface area contributed by atoms with Crippen LogP contribution >= 0.6 is 11.8 Å². The van der Waals surface area contributed by atoms with Crippen LogP contribution in [0.5, 0.6) is 0 Å². The van der Waals surface area contributed by atoms with Crippen LogP contribution in [0, 0.1) is 11.6 Å². The van der Waals surface area contributed by atoms with Crippen LogP contribution in [-0.2, 0) is 6.42 Å². The summed E-state index contributed by atoms with van der Waals surface area (Å²) in [6.07, 6.45) is 2.72. The Morgan fingerprint density at radius 3 is 2.93 bits per heavy atom. The van der Waals surface area contributed by atoms with Crippen molar-refractivity contribution in [3.05, 3.63) is 29.6 Å². The molecule has 0 fully saturated rings. The number of aromatic nitrogens is 2. The maximum Gasteiger partial charge on any atom is 0.153 e. The van der Waals surface area contributed by atoms with Crippen LogP contribution in [0.3, 0.4) is 0 Å². The lowest BCUT2D eigenvalue weighted by Gasteiger charge is -1.90. The Labute approximate surface area is 90.1 Å². The minimum Gasteiger partial charge on any atom is -0.342 e. The molecule has 0 aliphatic carbocycles. The number of hydrogen-bond acceptors (Lipinski definition) is 2. The third-order valence-electron chi connectivity index (χ3n) is 2.10. The van der Waals surface area contributed by atoms with Crippen molar-refractivity contribution in [2.24, 2.45) is 0 Å². The number of aryl methyl sites for hydroxylation is 1. The van der Waals surface area contributed by atoms with E-state index in [4.69, 9.17) is 0 Å². The fraction of sp³-hybridized carbons (Fsp3) is 0.300. The van der Waals surface area contributed by atoms with Crippen molar-refractivity contribution in [3.8, 4) is 0 Å². The van der Waals surface area contributed by atoms with Crippen LogP contribution in [0.4, 0.5) is 8.78 Å². The average Bonchev–Trinajstić information content (AvgIpc) is 2.57. The molecule has 2 nitrogen and oxygen atoms in total. The van der Waals surface area contributed by atoms with E-state index in [-0.39, 0.29) is 5.52 Å². The summed E-state index contributed by atoms with van der Waals surface area (Å²) < 4.78 is 26.1. The van der Waals surface area contributed by atoms with E-state index in [1.807, 2.05) is 6.26 Å². The van der Waals surface area contributed by atoms with Gasteiger partial charge >= 0.3 is 0 Å². The summed E-state index contributed by atoms with van der Waals surface area (Å²) in [6, 6.07) is 2.11. The summed E-state index contributed by atoms with van der Waals surface area (Å²) in [6.45, 7) is 0. The predicted octanol–water partition coefficient (Wildman–Crippen LogP) is 2.75. The molecule has 1 heterocycles. The highest BCUT2D eigenvalue weighted by Crippen LogP contribution is 2.17. The highest BCUT2D eigenvalue weighted by molar-refractivity contribution is 7.98. The van der Waals surface area contributed by atoms with Crippen molar-refractivity contribution in [2.75, 3.05) is 12.0 Å². The van der Waals surface area contributed by atoms with E-state index in [0.717, 1.165) is 18.2 Å². The van der Waals surface area contributed by atoms with Crippen molar-refractivity contribution < 1.29 is 8.78 Å². The fourth-order valence-electron chi connectivity index (χ4n) is 1.41. The number of H-pyrrole nitrogens is 1. The molecule has 1 aromatic heterocycles. The molecule has 15 heavy (non-hydrogen) atoms. The van der Waals surface area contributed by atoms with Crippen molar-refractivity contribution in [3.63, 3.8) is 0 Å². The third kappa shape index (κ3) is 2.12. The van der Waals surface area contributed by atoms with Gasteiger partial charge in [0.25, 0.3) is 0 Å². The molecule has 1 N–H and O–H groups in total. The highest BCUT2D eigenvalue weighted by atomic mass is 32.2. The molecule has 2 rings (SSSR count). The minimum absolute atomic E-state index is 0.215. The van der Waals surface area contributed by atoms with Gasteiger partial charge in [0.1, 0.15) is 17.2 Å². The summed E-state index contributed by atoms with van der Waals surface area (Å²) in [7, 11) is 0. The van der Waals surface area contributed by atoms with Crippen molar-refractivity contribution >= 4 is 22.8 Å². The Bertz CT molecular complexity index is 481. The number of thioether (sulfide) groups is 1. The topological polar surface area (TPSA) is 28.7 Å². The van der Waals surface area contributed by atoms with E-state index < -0.39 is 11.6 Å². The second-order valence-electron chi connectivity index (χ2n) is 3.21. The van der Waals surface area contributed by atoms with E-state index in [1.54, 1.807) is 11.8 Å². The second-order valence-corrected chi connectivity index (χ2v) is 4.20. The van der Waals surface area contributed by atoms with Crippen LogP contribution in [0.25, 0.3) is 11.0 Å². The normalized spacial score (nSPS) is 11.1. The van der Waals surface area contributed by atoms with Crippen LogP contribution in [-0.4, -0.2) is 22.0 Å². The number of benzene rings is 1. The van der Waals surface area contributed by atoms with Gasteiger partial charge in [-0.3, -0.25) is 0 Å². The molecule has 80 valence electrons. The van der Waals surface area contributed by atoms with Crippen LogP contribution < -0.4 is 0 Å². The van der Waals surface area contributed by atoms with E-state index in [2.05, 4.69) is 9.97 Å². The lowest BCUT2D eigenvalue weighted by atomic mass is 10.3. The largest absolute Gasteiger partial charge is 0.342 e. The molecule has 0 bridgehead atoms. The average molecular weight is 228 g/mol. The van der Waals surface area contributed by atoms with E-state index in [1.165, 1.54) is 6.07 Å². The monoisotopic (exact) mass is 228 g/mol. The van der Waals surface area contributed by atoms with Gasteiger partial charge < -0.3 is 4.98 Å². The number of rotatable bonds is 3. The van der Waals surface area contributed by atoms with E-state index >= 15 is 0 Å². The minimum atomic E-state index is -0.614. The summed E-state index contributed by atoms with van der Waals surface area (Å²) in [5.41, 5.74) is 0.635. The molecule has 2 aromatic rings. The number of fused-ring (bicyclic) bond motifs is 1. The molecule has 1 aromatic carbocycles. The predicted molar refractivity (Wildman–Crippen MR) is 58.1 cm³/mol. The molecular formula is C10H10F2N2S. The number of hydrogen-bond donors (Lipinski definition) is 1. The molecule has 0 amide bonds. The Morgan fingerprint density at radius 1 is 1.40 bits per heavy atom. The summed E-state index contributed by atoms with van der Waals surface area (Å²) in [5.74, 6) is 0.407. The molecule has 0 unspecified atom stereocenters. The third-order valence-corrected chi connectivity index (χ3v) is 2.71. The number of aromatic amines is 1. The molecule has 0 saturated heterocycles. The van der Waals surface area contributed by atoms with E-state index in [0.29, 0.717) is 11.3 Å². The van der Waals surface area contributed by atoms with Crippen molar-refractivity contribution in [2.45, 2.75) is 6.42 Å². The highest BCUT2D eigenvalue weighted by Gasteiger charge is 2.09. The standard InChI is InChI=1S/C10H10F2N2S/c1-15-3-2-9-13-8-5-6(11)4-7(12)10(8)14-9/h4-5H,2-3H2,1H3,(H,13,14). The van der Waals surface area contributed by atoms with Gasteiger partial charge in [0.15, 0.2) is 5.82 Å². The molecule has 0 aliphatic rings. The van der Waals surface area contributed by atoms with Gasteiger partial charge in [-0.25, -0.2) is 13.8 Å². The van der Waals surface area contributed by atoms with Crippen molar-refractivity contribution in [1.82, 2.24) is 9.97 Å². The molecule has 5 heteroatoms. The maximum atomic E-state index is 13.3. The molecule has 0 saturated carbocycles. The first-order chi connectivity index (χ1) is 7.20. The number of nitrogens with zero attached hydrogens (tertiary/aromatic N) is 1. The molecule has 0 atom stereocenters. The first-order valence-electron chi connectivity index (χ1n) is 4.53. The second kappa shape index (κ2) is 4.18. The molecule has 0 aliphatic heterocycles. The fourth-order valence-corrected chi connectivity index (χ4v) is 1.81. The Hall–Kier alpha value is -1.10. The number of halogens is 2. The SMILES string of the molecule is CSCCc1nc2c(F)cc(F)cc2[nH]1. The van der Waals surface area contributed by atoms with Crippen molar-refractivity contribution in [1.29, 1.82) is 0 Å². The van der Waals surface area contributed by atoms with E-state index in [9.17, 15) is 8.78 Å². The van der Waals surface area contributed by atoms with Crippen LogP contribution in [0.1, 0.15) is 5.82 Å². The zero-order valence-electron chi connectivity index (χ0n) is 8.18. The van der Waals surface area contributed by atoms with Crippen LogP contribution in [0.2, 0.25) is 0 Å². The quantitative estimate of drug-likeness (QED) is 0.875. The van der Waals surface area contributed by atoms with Gasteiger partial charge in [-0.1, -0.05) is 0 Å². The van der Waals surface area contributed by atoms with Gasteiger partial charge in [0.05, 0.1) is 5.52 Å². The summed E-state index contributed by atoms with van der Waals surface area (Å²) in [4.78, 5) is 6.99. The van der Waals surface area contributed by atoms with Crippen LogP contribution in [0.15, 0.2) is 12.1 Å². The van der Waals surface area contributed by atoms with Gasteiger partial charge in [-0.2, -0.15) is 11.8 Å². The Balaban J connectivity index is 2.41. The van der Waals surface area contributed by atoms with Gasteiger partial charge in [-0.15, -0.1) is 0 Å². The zero-order valence-corrected chi connectivity index (χ0v) is 9.00. The smallest absolute Gasteiger partial charge is 0.153 e. The first-order valence-corrected chi connectivity index (χ1v) is 5.92. The lowest BCUT2D eigenvalue weighted by Crippen LogP contribution is -1.89. The molecular weight excluding hydrogens is 218 g/mol. The summed E-state index contributed by atoms with van der Waals surface area (Å²) >= 11 is 1.69. The Morgan fingerprint density at radius 2 is 2.20 bits per heavy atom. The summed E-state index contributed by atoms with van der Waals surface area (Å²) in [5, 5.41) is 0. The van der Waals surface area contributed by atoms with Gasteiger partial charge in [0, 0.05) is 18.2 Å². The lowest BCUT2D eigenvalue weighted by molar-refractivity contribution is 0.590. The van der Waals surface area contributed by atoms with Gasteiger partial charge in [-0.05, 0) is 12.3 Å².